The van der Waals surface area contributed by atoms with Crippen molar-refractivity contribution in [3.05, 3.63) is 29.5 Å². The summed E-state index contributed by atoms with van der Waals surface area (Å²) in [7, 11) is 0. The van der Waals surface area contributed by atoms with E-state index in [0.717, 1.165) is 16.1 Å². The molecule has 0 radical (unpaired) electrons. The molecule has 0 aromatic carbocycles. The van der Waals surface area contributed by atoms with E-state index >= 15 is 0 Å². The van der Waals surface area contributed by atoms with Gasteiger partial charge in [-0.15, -0.1) is 21.5 Å². The van der Waals surface area contributed by atoms with E-state index in [1.54, 1.807) is 11.3 Å². The predicted octanol–water partition coefficient (Wildman–Crippen LogP) is 2.50. The molecule has 1 N–H and O–H groups in total. The second-order valence-electron chi connectivity index (χ2n) is 3.29. The monoisotopic (exact) mass is 232 g/mol. The van der Waals surface area contributed by atoms with Crippen molar-refractivity contribution in [1.29, 1.82) is 0 Å². The topological polar surface area (TPSA) is 67.6 Å². The molecule has 0 spiro atoms. The molecule has 3 aromatic rings. The number of nitrogens with one attached hydrogen (secondary N) is 1. The molecule has 0 amide bonds. The lowest BCUT2D eigenvalue weighted by atomic mass is 10.2. The van der Waals surface area contributed by atoms with Crippen LogP contribution in [0.25, 0.3) is 22.2 Å². The lowest BCUT2D eigenvalue weighted by molar-refractivity contribution is 0.566. The Morgan fingerprint density at radius 3 is 3.06 bits per heavy atom. The maximum Gasteiger partial charge on any atom is 0.268 e. The number of rotatable bonds is 2. The van der Waals surface area contributed by atoms with Gasteiger partial charge in [-0.1, -0.05) is 6.07 Å². The van der Waals surface area contributed by atoms with Crippen LogP contribution in [0.3, 0.4) is 0 Å². The van der Waals surface area contributed by atoms with Crippen molar-refractivity contribution >= 4 is 11.3 Å². The Morgan fingerprint density at radius 2 is 2.38 bits per heavy atom. The predicted molar refractivity (Wildman–Crippen MR) is 59.9 cm³/mol. The van der Waals surface area contributed by atoms with Gasteiger partial charge in [-0.05, 0) is 18.4 Å². The number of aromatic amines is 1. The van der Waals surface area contributed by atoms with Gasteiger partial charge < -0.3 is 4.42 Å². The van der Waals surface area contributed by atoms with E-state index in [1.165, 1.54) is 6.39 Å². The molecule has 6 heteroatoms. The van der Waals surface area contributed by atoms with Crippen LogP contribution in [0.1, 0.15) is 5.56 Å². The molecule has 3 heterocycles. The summed E-state index contributed by atoms with van der Waals surface area (Å²) in [6, 6.07) is 4.05. The summed E-state index contributed by atoms with van der Waals surface area (Å²) in [5, 5.41) is 16.7. The molecule has 16 heavy (non-hydrogen) atoms. The standard InChI is InChI=1S/C10H8N4OS/c1-6-8(7-3-2-4-16-7)12-13-9(6)10-14-11-5-15-10/h2-5H,1H3,(H,12,13). The van der Waals surface area contributed by atoms with Crippen molar-refractivity contribution in [1.82, 2.24) is 20.4 Å². The van der Waals surface area contributed by atoms with E-state index in [4.69, 9.17) is 4.42 Å². The van der Waals surface area contributed by atoms with E-state index in [9.17, 15) is 0 Å². The molecule has 5 nitrogen and oxygen atoms in total. The third-order valence-corrected chi connectivity index (χ3v) is 3.23. The molecule has 80 valence electrons. The first kappa shape index (κ1) is 9.29. The second kappa shape index (κ2) is 3.57. The highest BCUT2D eigenvalue weighted by Gasteiger charge is 2.16. The Hall–Kier alpha value is -1.95. The molecule has 0 saturated heterocycles. The van der Waals surface area contributed by atoms with Crippen molar-refractivity contribution in [3.8, 4) is 22.2 Å². The van der Waals surface area contributed by atoms with Gasteiger partial charge in [0.2, 0.25) is 6.39 Å². The van der Waals surface area contributed by atoms with Crippen molar-refractivity contribution in [2.24, 2.45) is 0 Å². The third kappa shape index (κ3) is 1.35. The van der Waals surface area contributed by atoms with Gasteiger partial charge in [0.15, 0.2) is 5.69 Å². The fraction of sp³-hybridized carbons (Fsp3) is 0.100. The van der Waals surface area contributed by atoms with Gasteiger partial charge in [-0.25, -0.2) is 0 Å². The minimum atomic E-state index is 0.441. The Bertz CT molecular complexity index is 531. The zero-order valence-electron chi connectivity index (χ0n) is 8.47. The molecule has 0 fully saturated rings. The first-order valence-electron chi connectivity index (χ1n) is 4.71. The molecule has 0 aliphatic carbocycles. The van der Waals surface area contributed by atoms with Crippen molar-refractivity contribution in [2.75, 3.05) is 0 Å². The minimum absolute atomic E-state index is 0.441. The fourth-order valence-corrected chi connectivity index (χ4v) is 2.32. The highest BCUT2D eigenvalue weighted by atomic mass is 32.1. The maximum atomic E-state index is 5.13. The summed E-state index contributed by atoms with van der Waals surface area (Å²) >= 11 is 1.66. The normalized spacial score (nSPS) is 10.8. The molecular formula is C10H8N4OS. The second-order valence-corrected chi connectivity index (χ2v) is 4.24. The number of H-pyrrole nitrogens is 1. The van der Waals surface area contributed by atoms with Gasteiger partial charge in [0.25, 0.3) is 5.89 Å². The van der Waals surface area contributed by atoms with Crippen LogP contribution in [-0.4, -0.2) is 20.4 Å². The fourth-order valence-electron chi connectivity index (χ4n) is 1.54. The van der Waals surface area contributed by atoms with E-state index in [2.05, 4.69) is 20.4 Å². The lowest BCUT2D eigenvalue weighted by Crippen LogP contribution is -1.81. The van der Waals surface area contributed by atoms with Crippen LogP contribution in [0.4, 0.5) is 0 Å². The summed E-state index contributed by atoms with van der Waals surface area (Å²) in [5.74, 6) is 0.441. The van der Waals surface area contributed by atoms with Crippen LogP contribution < -0.4 is 0 Å². The highest BCUT2D eigenvalue weighted by molar-refractivity contribution is 7.13. The molecule has 0 aliphatic rings. The number of hydrogen-bond donors (Lipinski definition) is 1. The average Bonchev–Trinajstić information content (AvgIpc) is 2.96. The first-order chi connectivity index (χ1) is 7.86. The zero-order chi connectivity index (χ0) is 11.0. The van der Waals surface area contributed by atoms with Gasteiger partial charge in [0, 0.05) is 5.56 Å². The molecule has 0 saturated carbocycles. The number of aromatic nitrogens is 4. The van der Waals surface area contributed by atoms with Gasteiger partial charge in [-0.2, -0.15) is 5.10 Å². The first-order valence-corrected chi connectivity index (χ1v) is 5.59. The largest absolute Gasteiger partial charge is 0.422 e. The molecule has 0 aliphatic heterocycles. The van der Waals surface area contributed by atoms with Crippen molar-refractivity contribution in [2.45, 2.75) is 6.92 Å². The Morgan fingerprint density at radius 1 is 1.44 bits per heavy atom. The summed E-state index contributed by atoms with van der Waals surface area (Å²) in [6.45, 7) is 1.98. The summed E-state index contributed by atoms with van der Waals surface area (Å²) < 4.78 is 5.13. The number of hydrogen-bond acceptors (Lipinski definition) is 5. The molecule has 3 rings (SSSR count). The van der Waals surface area contributed by atoms with Gasteiger partial charge in [0.1, 0.15) is 0 Å². The van der Waals surface area contributed by atoms with Crippen LogP contribution in [0.2, 0.25) is 0 Å². The van der Waals surface area contributed by atoms with E-state index in [-0.39, 0.29) is 0 Å². The molecular weight excluding hydrogens is 224 g/mol. The summed E-state index contributed by atoms with van der Waals surface area (Å²) in [6.07, 6.45) is 1.30. The molecule has 0 bridgehead atoms. The number of nitrogens with zero attached hydrogens (tertiary/aromatic N) is 3. The molecule has 3 aromatic heterocycles. The van der Waals surface area contributed by atoms with Gasteiger partial charge in [0.05, 0.1) is 10.6 Å². The number of thiophene rings is 1. The van der Waals surface area contributed by atoms with Crippen LogP contribution in [-0.2, 0) is 0 Å². The third-order valence-electron chi connectivity index (χ3n) is 2.34. The quantitative estimate of drug-likeness (QED) is 0.737. The van der Waals surface area contributed by atoms with E-state index in [1.807, 2.05) is 24.4 Å². The maximum absolute atomic E-state index is 5.13. The Kier molecular flexibility index (Phi) is 2.07. The van der Waals surface area contributed by atoms with Crippen molar-refractivity contribution in [3.63, 3.8) is 0 Å². The highest BCUT2D eigenvalue weighted by Crippen LogP contribution is 2.30. The summed E-state index contributed by atoms with van der Waals surface area (Å²) in [4.78, 5) is 1.15. The van der Waals surface area contributed by atoms with E-state index in [0.29, 0.717) is 11.6 Å². The van der Waals surface area contributed by atoms with Crippen LogP contribution in [0, 0.1) is 6.92 Å². The SMILES string of the molecule is Cc1c(-c2nnco2)n[nH]c1-c1cccs1. The molecule has 0 atom stereocenters. The summed E-state index contributed by atoms with van der Waals surface area (Å²) in [5.41, 5.74) is 2.73. The van der Waals surface area contributed by atoms with Gasteiger partial charge in [-0.3, -0.25) is 5.10 Å². The smallest absolute Gasteiger partial charge is 0.268 e. The minimum Gasteiger partial charge on any atom is -0.422 e. The average molecular weight is 232 g/mol. The van der Waals surface area contributed by atoms with Gasteiger partial charge >= 0.3 is 0 Å². The molecule has 0 unspecified atom stereocenters. The van der Waals surface area contributed by atoms with Crippen LogP contribution in [0.5, 0.6) is 0 Å². The Balaban J connectivity index is 2.12. The van der Waals surface area contributed by atoms with Crippen LogP contribution in [0.15, 0.2) is 28.3 Å². The lowest BCUT2D eigenvalue weighted by Gasteiger charge is -1.93. The van der Waals surface area contributed by atoms with E-state index < -0.39 is 0 Å². The zero-order valence-corrected chi connectivity index (χ0v) is 9.28. The van der Waals surface area contributed by atoms with Crippen LogP contribution >= 0.6 is 11.3 Å². The van der Waals surface area contributed by atoms with Crippen molar-refractivity contribution < 1.29 is 4.42 Å². The Labute approximate surface area is 95.2 Å².